The lowest BCUT2D eigenvalue weighted by Gasteiger charge is -2.12. The van der Waals surface area contributed by atoms with Crippen molar-refractivity contribution < 1.29 is 28.2 Å². The predicted molar refractivity (Wildman–Crippen MR) is 66.5 cm³/mol. The third kappa shape index (κ3) is 5.09. The molecule has 0 aliphatic rings. The van der Waals surface area contributed by atoms with Crippen LogP contribution >= 0.6 is 0 Å². The third-order valence-corrected chi connectivity index (χ3v) is 4.38. The molecule has 0 atom stereocenters. The fraction of sp³-hybridized carbons (Fsp3) is 0.333. The summed E-state index contributed by atoms with van der Waals surface area (Å²) in [6.07, 6.45) is -0.975. The molecule has 0 radical (unpaired) electrons. The molecule has 0 saturated carbocycles. The van der Waals surface area contributed by atoms with E-state index in [2.05, 4.69) is 0 Å². The molecule has 1 aromatic rings. The van der Waals surface area contributed by atoms with Gasteiger partial charge in [0, 0.05) is 12.8 Å². The van der Waals surface area contributed by atoms with Gasteiger partial charge < -0.3 is 10.2 Å². The maximum Gasteiger partial charge on any atom is 0.303 e. The van der Waals surface area contributed by atoms with Crippen LogP contribution in [0.15, 0.2) is 35.2 Å². The Morgan fingerprint density at radius 2 is 1.47 bits per heavy atom. The fourth-order valence-corrected chi connectivity index (χ4v) is 3.34. The summed E-state index contributed by atoms with van der Waals surface area (Å²) < 4.78 is 24.0. The van der Waals surface area contributed by atoms with Gasteiger partial charge in [-0.3, -0.25) is 9.59 Å². The van der Waals surface area contributed by atoms with Crippen molar-refractivity contribution >= 4 is 21.8 Å². The minimum atomic E-state index is -3.68. The van der Waals surface area contributed by atoms with E-state index >= 15 is 0 Å². The van der Waals surface area contributed by atoms with Crippen LogP contribution in [0.25, 0.3) is 0 Å². The highest BCUT2D eigenvalue weighted by molar-refractivity contribution is 7.91. The number of carboxylic acids is 2. The summed E-state index contributed by atoms with van der Waals surface area (Å²) >= 11 is 0. The second kappa shape index (κ2) is 6.33. The van der Waals surface area contributed by atoms with Crippen LogP contribution in [-0.2, 0) is 19.4 Å². The summed E-state index contributed by atoms with van der Waals surface area (Å²) in [4.78, 5) is 21.3. The van der Waals surface area contributed by atoms with Crippen molar-refractivity contribution in [3.8, 4) is 0 Å². The van der Waals surface area contributed by atoms with Crippen LogP contribution in [0.1, 0.15) is 12.8 Å². The zero-order chi connectivity index (χ0) is 14.5. The lowest BCUT2D eigenvalue weighted by molar-refractivity contribution is -0.140. The van der Waals surface area contributed by atoms with Gasteiger partial charge in [0.05, 0.1) is 10.6 Å². The Bertz CT molecular complexity index is 533. The summed E-state index contributed by atoms with van der Waals surface area (Å²) in [6, 6.07) is 7.55. The van der Waals surface area contributed by atoms with Gasteiger partial charge in [0.2, 0.25) is 0 Å². The first kappa shape index (κ1) is 15.2. The smallest absolute Gasteiger partial charge is 0.303 e. The molecule has 19 heavy (non-hydrogen) atoms. The molecule has 0 spiro atoms. The van der Waals surface area contributed by atoms with E-state index in [1.165, 1.54) is 12.1 Å². The van der Waals surface area contributed by atoms with Crippen molar-refractivity contribution in [3.63, 3.8) is 0 Å². The minimum absolute atomic E-state index is 0.0655. The first-order valence-corrected chi connectivity index (χ1v) is 7.18. The minimum Gasteiger partial charge on any atom is -0.481 e. The highest BCUT2D eigenvalue weighted by Crippen LogP contribution is 2.18. The van der Waals surface area contributed by atoms with E-state index < -0.39 is 46.3 Å². The molecule has 0 unspecified atom stereocenters. The molecule has 0 saturated heterocycles. The quantitative estimate of drug-likeness (QED) is 0.774. The second-order valence-electron chi connectivity index (χ2n) is 4.16. The van der Waals surface area contributed by atoms with Gasteiger partial charge in [-0.05, 0) is 18.1 Å². The maximum absolute atomic E-state index is 12.0. The van der Waals surface area contributed by atoms with Gasteiger partial charge in [0.15, 0.2) is 9.84 Å². The monoisotopic (exact) mass is 286 g/mol. The van der Waals surface area contributed by atoms with Crippen LogP contribution < -0.4 is 0 Å². The second-order valence-corrected chi connectivity index (χ2v) is 6.19. The molecular formula is C12H14O6S. The standard InChI is InChI=1S/C12H14O6S/c13-11(14)6-9(7-12(15)16)8-19(17,18)10-4-2-1-3-5-10/h1-5,9H,6-8H2,(H,13,14)(H,15,16). The van der Waals surface area contributed by atoms with Gasteiger partial charge in [-0.1, -0.05) is 18.2 Å². The van der Waals surface area contributed by atoms with Crippen LogP contribution in [0, 0.1) is 5.92 Å². The van der Waals surface area contributed by atoms with Gasteiger partial charge in [0.1, 0.15) is 0 Å². The fourth-order valence-electron chi connectivity index (χ4n) is 1.72. The highest BCUT2D eigenvalue weighted by atomic mass is 32.2. The Kier molecular flexibility index (Phi) is 5.05. The average Bonchev–Trinajstić information content (AvgIpc) is 2.27. The zero-order valence-corrected chi connectivity index (χ0v) is 10.8. The summed E-state index contributed by atoms with van der Waals surface area (Å²) in [5, 5.41) is 17.4. The van der Waals surface area contributed by atoms with E-state index in [-0.39, 0.29) is 4.90 Å². The van der Waals surface area contributed by atoms with Crippen molar-refractivity contribution in [3.05, 3.63) is 30.3 Å². The molecule has 0 aliphatic carbocycles. The van der Waals surface area contributed by atoms with Gasteiger partial charge in [0.25, 0.3) is 0 Å². The number of hydrogen-bond acceptors (Lipinski definition) is 4. The molecule has 0 aliphatic heterocycles. The number of carbonyl (C=O) groups is 2. The Hall–Kier alpha value is -1.89. The molecular weight excluding hydrogens is 272 g/mol. The molecule has 0 bridgehead atoms. The first-order chi connectivity index (χ1) is 8.81. The number of rotatable bonds is 7. The van der Waals surface area contributed by atoms with Gasteiger partial charge in [-0.15, -0.1) is 0 Å². The lowest BCUT2D eigenvalue weighted by atomic mass is 10.0. The molecule has 7 heteroatoms. The number of benzene rings is 1. The highest BCUT2D eigenvalue weighted by Gasteiger charge is 2.25. The topological polar surface area (TPSA) is 109 Å². The van der Waals surface area contributed by atoms with Crippen molar-refractivity contribution in [2.24, 2.45) is 5.92 Å². The summed E-state index contributed by atoms with van der Waals surface area (Å²) in [5.74, 6) is -3.86. The van der Waals surface area contributed by atoms with E-state index in [4.69, 9.17) is 10.2 Å². The Balaban J connectivity index is 2.89. The zero-order valence-electron chi connectivity index (χ0n) is 10.0. The Morgan fingerprint density at radius 3 is 1.89 bits per heavy atom. The summed E-state index contributed by atoms with van der Waals surface area (Å²) in [7, 11) is -3.68. The van der Waals surface area contributed by atoms with Crippen molar-refractivity contribution in [1.82, 2.24) is 0 Å². The largest absolute Gasteiger partial charge is 0.481 e. The average molecular weight is 286 g/mol. The molecule has 0 aromatic heterocycles. The van der Waals surface area contributed by atoms with Crippen LogP contribution in [0.3, 0.4) is 0 Å². The molecule has 0 heterocycles. The van der Waals surface area contributed by atoms with Crippen LogP contribution in [-0.4, -0.2) is 36.3 Å². The maximum atomic E-state index is 12.0. The molecule has 2 N–H and O–H groups in total. The van der Waals surface area contributed by atoms with E-state index in [1.54, 1.807) is 18.2 Å². The van der Waals surface area contributed by atoms with Gasteiger partial charge in [-0.25, -0.2) is 8.42 Å². The molecule has 1 aromatic carbocycles. The molecule has 6 nitrogen and oxygen atoms in total. The van der Waals surface area contributed by atoms with E-state index in [0.717, 1.165) is 0 Å². The lowest BCUT2D eigenvalue weighted by Crippen LogP contribution is -2.22. The Morgan fingerprint density at radius 1 is 1.00 bits per heavy atom. The Labute approximate surface area is 110 Å². The van der Waals surface area contributed by atoms with Crippen LogP contribution in [0.5, 0.6) is 0 Å². The molecule has 0 amide bonds. The first-order valence-electron chi connectivity index (χ1n) is 5.52. The van der Waals surface area contributed by atoms with E-state index in [1.807, 2.05) is 0 Å². The number of aliphatic carboxylic acids is 2. The third-order valence-electron chi connectivity index (χ3n) is 2.48. The molecule has 1 rings (SSSR count). The van der Waals surface area contributed by atoms with Crippen LogP contribution in [0.2, 0.25) is 0 Å². The summed E-state index contributed by atoms with van der Waals surface area (Å²) in [5.41, 5.74) is 0. The van der Waals surface area contributed by atoms with Crippen molar-refractivity contribution in [1.29, 1.82) is 0 Å². The van der Waals surface area contributed by atoms with Gasteiger partial charge >= 0.3 is 11.9 Å². The van der Waals surface area contributed by atoms with Crippen molar-refractivity contribution in [2.45, 2.75) is 17.7 Å². The normalized spacial score (nSPS) is 11.4. The number of hydrogen-bond donors (Lipinski definition) is 2. The van der Waals surface area contributed by atoms with Gasteiger partial charge in [-0.2, -0.15) is 0 Å². The van der Waals surface area contributed by atoms with Crippen LogP contribution in [0.4, 0.5) is 0 Å². The SMILES string of the molecule is O=C(O)CC(CC(=O)O)CS(=O)(=O)c1ccccc1. The number of sulfone groups is 1. The van der Waals surface area contributed by atoms with E-state index in [0.29, 0.717) is 0 Å². The molecule has 104 valence electrons. The summed E-state index contributed by atoms with van der Waals surface area (Å²) in [6.45, 7) is 0. The van der Waals surface area contributed by atoms with E-state index in [9.17, 15) is 18.0 Å². The predicted octanol–water partition coefficient (Wildman–Crippen LogP) is 1.03. The number of carboxylic acid groups (broad SMARTS) is 2. The van der Waals surface area contributed by atoms with Crippen molar-refractivity contribution in [2.75, 3.05) is 5.75 Å². The molecule has 0 fully saturated rings.